The second kappa shape index (κ2) is 5.84. The summed E-state index contributed by atoms with van der Waals surface area (Å²) in [6, 6.07) is 10.5. The van der Waals surface area contributed by atoms with E-state index < -0.39 is 5.97 Å². The van der Waals surface area contributed by atoms with Crippen LogP contribution in [0.3, 0.4) is 0 Å². The molecule has 98 valence electrons. The van der Waals surface area contributed by atoms with Gasteiger partial charge in [-0.2, -0.15) is 0 Å². The highest BCUT2D eigenvalue weighted by molar-refractivity contribution is 9.10. The van der Waals surface area contributed by atoms with E-state index in [1.54, 1.807) is 18.2 Å². The maximum absolute atomic E-state index is 13.4. The molecule has 0 aliphatic carbocycles. The third kappa shape index (κ3) is 3.32. The normalized spacial score (nSPS) is 10.2. The molecule has 0 unspecified atom stereocenters. The smallest absolute Gasteiger partial charge is 0.134 e. The lowest BCUT2D eigenvalue weighted by atomic mass is 10.2. The van der Waals surface area contributed by atoms with Gasteiger partial charge >= 0.3 is 0 Å². The summed E-state index contributed by atoms with van der Waals surface area (Å²) in [6.07, 6.45) is 0. The van der Waals surface area contributed by atoms with Gasteiger partial charge in [-0.25, -0.2) is 4.39 Å². The van der Waals surface area contributed by atoms with E-state index in [1.165, 1.54) is 24.3 Å². The van der Waals surface area contributed by atoms with E-state index in [9.17, 15) is 14.3 Å². The number of rotatable bonds is 4. The Balaban J connectivity index is 2.12. The van der Waals surface area contributed by atoms with E-state index in [2.05, 4.69) is 15.9 Å². The molecule has 0 atom stereocenters. The molecule has 0 spiro atoms. The predicted octanol–water partition coefficient (Wildman–Crippen LogP) is 2.53. The number of halogens is 2. The summed E-state index contributed by atoms with van der Waals surface area (Å²) in [5.74, 6) is -1.17. The monoisotopic (exact) mass is 323 g/mol. The van der Waals surface area contributed by atoms with Crippen molar-refractivity contribution >= 4 is 21.9 Å². The Kier molecular flexibility index (Phi) is 4.16. The standard InChI is InChI=1S/C14H10BrFO3/c15-11-7-9(14(17)18)5-6-13(11)19-8-10-3-1-2-4-12(10)16/h1-7H,8H2,(H,17,18)/p-1. The van der Waals surface area contributed by atoms with Crippen LogP contribution in [-0.4, -0.2) is 5.97 Å². The average Bonchev–Trinajstić information content (AvgIpc) is 2.39. The van der Waals surface area contributed by atoms with Crippen LogP contribution >= 0.6 is 15.9 Å². The maximum atomic E-state index is 13.4. The summed E-state index contributed by atoms with van der Waals surface area (Å²) in [5.41, 5.74) is 0.475. The number of ether oxygens (including phenoxy) is 1. The zero-order valence-corrected chi connectivity index (χ0v) is 11.3. The van der Waals surface area contributed by atoms with Crippen molar-refractivity contribution in [3.8, 4) is 5.75 Å². The molecule has 0 radical (unpaired) electrons. The van der Waals surface area contributed by atoms with E-state index >= 15 is 0 Å². The molecule has 0 amide bonds. The zero-order valence-electron chi connectivity index (χ0n) is 9.73. The summed E-state index contributed by atoms with van der Waals surface area (Å²) in [5, 5.41) is 10.7. The van der Waals surface area contributed by atoms with Gasteiger partial charge in [-0.05, 0) is 45.8 Å². The third-order valence-corrected chi connectivity index (χ3v) is 3.13. The highest BCUT2D eigenvalue weighted by atomic mass is 79.9. The van der Waals surface area contributed by atoms with E-state index in [4.69, 9.17) is 4.74 Å². The Morgan fingerprint density at radius 3 is 2.63 bits per heavy atom. The van der Waals surface area contributed by atoms with Crippen LogP contribution in [0.25, 0.3) is 0 Å². The molecule has 5 heteroatoms. The minimum atomic E-state index is -1.26. The lowest BCUT2D eigenvalue weighted by Gasteiger charge is -2.10. The van der Waals surface area contributed by atoms with Crippen LogP contribution in [0.4, 0.5) is 4.39 Å². The van der Waals surface area contributed by atoms with Gasteiger partial charge in [-0.1, -0.05) is 18.2 Å². The lowest BCUT2D eigenvalue weighted by Crippen LogP contribution is -2.22. The van der Waals surface area contributed by atoms with Crippen LogP contribution in [0.2, 0.25) is 0 Å². The van der Waals surface area contributed by atoms with Crippen LogP contribution in [0.1, 0.15) is 15.9 Å². The number of benzene rings is 2. The SMILES string of the molecule is O=C([O-])c1ccc(OCc2ccccc2F)c(Br)c1. The third-order valence-electron chi connectivity index (χ3n) is 2.51. The molecule has 0 fully saturated rings. The number of carboxylic acids is 1. The second-order valence-electron chi connectivity index (χ2n) is 3.81. The summed E-state index contributed by atoms with van der Waals surface area (Å²) >= 11 is 3.20. The summed E-state index contributed by atoms with van der Waals surface area (Å²) in [7, 11) is 0. The molecule has 0 saturated carbocycles. The Morgan fingerprint density at radius 2 is 2.00 bits per heavy atom. The van der Waals surface area contributed by atoms with Gasteiger partial charge in [0.25, 0.3) is 0 Å². The largest absolute Gasteiger partial charge is 0.545 e. The number of carbonyl (C=O) groups is 1. The van der Waals surface area contributed by atoms with Crippen molar-refractivity contribution in [1.82, 2.24) is 0 Å². The molecular formula is C14H9BrFO3-. The fourth-order valence-electron chi connectivity index (χ4n) is 1.52. The molecule has 0 aliphatic heterocycles. The molecule has 0 heterocycles. The number of hydrogen-bond acceptors (Lipinski definition) is 3. The molecule has 3 nitrogen and oxygen atoms in total. The molecule has 19 heavy (non-hydrogen) atoms. The van der Waals surface area contributed by atoms with Gasteiger partial charge in [-0.15, -0.1) is 0 Å². The van der Waals surface area contributed by atoms with Gasteiger partial charge in [0, 0.05) is 5.56 Å². The van der Waals surface area contributed by atoms with Gasteiger partial charge in [0.15, 0.2) is 0 Å². The number of hydrogen-bond donors (Lipinski definition) is 0. The molecule has 0 bridgehead atoms. The number of carbonyl (C=O) groups excluding carboxylic acids is 1. The van der Waals surface area contributed by atoms with Gasteiger partial charge in [0.2, 0.25) is 0 Å². The molecular weight excluding hydrogens is 315 g/mol. The van der Waals surface area contributed by atoms with Crippen molar-refractivity contribution in [3.05, 3.63) is 63.9 Å². The van der Waals surface area contributed by atoms with Gasteiger partial charge in [0.1, 0.15) is 18.2 Å². The fraction of sp³-hybridized carbons (Fsp3) is 0.0714. The first kappa shape index (κ1) is 13.5. The summed E-state index contributed by atoms with van der Waals surface area (Å²) in [4.78, 5) is 10.7. The first-order valence-corrected chi connectivity index (χ1v) is 6.24. The molecule has 0 aliphatic rings. The predicted molar refractivity (Wildman–Crippen MR) is 69.2 cm³/mol. The Bertz CT molecular complexity index is 613. The Hall–Kier alpha value is -1.88. The molecule has 0 saturated heterocycles. The van der Waals surface area contributed by atoms with Crippen LogP contribution in [-0.2, 0) is 6.61 Å². The van der Waals surface area contributed by atoms with Crippen LogP contribution in [0.5, 0.6) is 5.75 Å². The molecule has 2 rings (SSSR count). The number of carboxylic acid groups (broad SMARTS) is 1. The lowest BCUT2D eigenvalue weighted by molar-refractivity contribution is -0.255. The van der Waals surface area contributed by atoms with Gasteiger partial charge in [-0.3, -0.25) is 0 Å². The second-order valence-corrected chi connectivity index (χ2v) is 4.67. The molecule has 2 aromatic rings. The van der Waals surface area contributed by atoms with Crippen molar-refractivity contribution < 1.29 is 19.0 Å². The van der Waals surface area contributed by atoms with Crippen LogP contribution < -0.4 is 9.84 Å². The molecule has 0 N–H and O–H groups in total. The highest BCUT2D eigenvalue weighted by Crippen LogP contribution is 2.26. The molecule has 2 aromatic carbocycles. The number of aromatic carboxylic acids is 1. The average molecular weight is 324 g/mol. The van der Waals surface area contributed by atoms with Crippen LogP contribution in [0.15, 0.2) is 46.9 Å². The summed E-state index contributed by atoms with van der Waals surface area (Å²) in [6.45, 7) is 0.0654. The van der Waals surface area contributed by atoms with E-state index in [0.29, 0.717) is 15.8 Å². The fourth-order valence-corrected chi connectivity index (χ4v) is 2.01. The Labute approximate surface area is 117 Å². The Morgan fingerprint density at radius 1 is 1.26 bits per heavy atom. The van der Waals surface area contributed by atoms with Crippen molar-refractivity contribution in [2.24, 2.45) is 0 Å². The van der Waals surface area contributed by atoms with E-state index in [0.717, 1.165) is 0 Å². The van der Waals surface area contributed by atoms with Crippen molar-refractivity contribution in [2.45, 2.75) is 6.61 Å². The van der Waals surface area contributed by atoms with Gasteiger partial charge < -0.3 is 14.6 Å². The first-order valence-electron chi connectivity index (χ1n) is 5.45. The maximum Gasteiger partial charge on any atom is 0.134 e. The quantitative estimate of drug-likeness (QED) is 0.868. The highest BCUT2D eigenvalue weighted by Gasteiger charge is 2.06. The topological polar surface area (TPSA) is 49.4 Å². The van der Waals surface area contributed by atoms with E-state index in [-0.39, 0.29) is 18.0 Å². The summed E-state index contributed by atoms with van der Waals surface area (Å²) < 4.78 is 19.3. The van der Waals surface area contributed by atoms with Crippen molar-refractivity contribution in [1.29, 1.82) is 0 Å². The van der Waals surface area contributed by atoms with Gasteiger partial charge in [0.05, 0.1) is 10.4 Å². The van der Waals surface area contributed by atoms with Crippen molar-refractivity contribution in [3.63, 3.8) is 0 Å². The zero-order chi connectivity index (χ0) is 13.8. The molecule has 0 aromatic heterocycles. The van der Waals surface area contributed by atoms with Crippen LogP contribution in [0, 0.1) is 5.82 Å². The first-order chi connectivity index (χ1) is 9.08. The van der Waals surface area contributed by atoms with E-state index in [1.807, 2.05) is 0 Å². The minimum absolute atomic E-state index is 0.0464. The van der Waals surface area contributed by atoms with Crippen molar-refractivity contribution in [2.75, 3.05) is 0 Å². The minimum Gasteiger partial charge on any atom is -0.545 e.